The Morgan fingerprint density at radius 1 is 1.00 bits per heavy atom. The highest BCUT2D eigenvalue weighted by molar-refractivity contribution is 6.15. The van der Waals surface area contributed by atoms with Crippen LogP contribution >= 0.6 is 0 Å². The average molecular weight is 284 g/mol. The minimum Gasteiger partial charge on any atom is -0.496 e. The van der Waals surface area contributed by atoms with Crippen LogP contribution in [0.25, 0.3) is 0 Å². The molecular formula is C17H16O4. The predicted molar refractivity (Wildman–Crippen MR) is 78.8 cm³/mol. The predicted octanol–water partition coefficient (Wildman–Crippen LogP) is 3.10. The van der Waals surface area contributed by atoms with E-state index in [1.807, 2.05) is 6.07 Å². The first-order valence-electron chi connectivity index (χ1n) is 6.63. The summed E-state index contributed by atoms with van der Waals surface area (Å²) < 4.78 is 10.2. The van der Waals surface area contributed by atoms with E-state index in [2.05, 4.69) is 0 Å². The van der Waals surface area contributed by atoms with Crippen LogP contribution < -0.4 is 4.74 Å². The molecule has 0 aliphatic heterocycles. The van der Waals surface area contributed by atoms with Crippen molar-refractivity contribution < 1.29 is 19.1 Å². The van der Waals surface area contributed by atoms with Gasteiger partial charge in [0.25, 0.3) is 0 Å². The monoisotopic (exact) mass is 284 g/mol. The Morgan fingerprint density at radius 2 is 1.71 bits per heavy atom. The number of hydrogen-bond donors (Lipinski definition) is 0. The van der Waals surface area contributed by atoms with Crippen molar-refractivity contribution in [3.05, 3.63) is 65.2 Å². The van der Waals surface area contributed by atoms with Gasteiger partial charge in [-0.3, -0.25) is 4.79 Å². The summed E-state index contributed by atoms with van der Waals surface area (Å²) in [6, 6.07) is 13.7. The van der Waals surface area contributed by atoms with Crippen LogP contribution in [0.2, 0.25) is 0 Å². The second-order valence-corrected chi connectivity index (χ2v) is 4.30. The summed E-state index contributed by atoms with van der Waals surface area (Å²) in [7, 11) is 1.45. The van der Waals surface area contributed by atoms with Crippen LogP contribution in [0.1, 0.15) is 33.2 Å². The first-order chi connectivity index (χ1) is 10.2. The maximum atomic E-state index is 12.6. The minimum atomic E-state index is -0.561. The number of benzene rings is 2. The number of ketones is 1. The number of carbonyl (C=O) groups excluding carboxylic acids is 2. The molecule has 0 heterocycles. The van der Waals surface area contributed by atoms with Gasteiger partial charge in [-0.25, -0.2) is 4.79 Å². The third-order valence-electron chi connectivity index (χ3n) is 3.01. The molecule has 4 heteroatoms. The molecule has 0 radical (unpaired) electrons. The van der Waals surface area contributed by atoms with E-state index in [1.54, 1.807) is 49.4 Å². The fourth-order valence-corrected chi connectivity index (χ4v) is 2.05. The Labute approximate surface area is 123 Å². The van der Waals surface area contributed by atoms with Crippen molar-refractivity contribution >= 4 is 11.8 Å². The molecule has 0 N–H and O–H groups in total. The first kappa shape index (κ1) is 14.8. The fourth-order valence-electron chi connectivity index (χ4n) is 2.05. The molecule has 0 bridgehead atoms. The van der Waals surface area contributed by atoms with Crippen molar-refractivity contribution in [2.45, 2.75) is 6.92 Å². The summed E-state index contributed by atoms with van der Waals surface area (Å²) in [5, 5.41) is 0. The van der Waals surface area contributed by atoms with Gasteiger partial charge in [0.15, 0.2) is 5.78 Å². The molecule has 0 aliphatic carbocycles. The summed E-state index contributed by atoms with van der Waals surface area (Å²) in [6.45, 7) is 1.95. The van der Waals surface area contributed by atoms with Gasteiger partial charge < -0.3 is 9.47 Å². The lowest BCUT2D eigenvalue weighted by Gasteiger charge is -2.12. The first-order valence-corrected chi connectivity index (χ1v) is 6.63. The van der Waals surface area contributed by atoms with Gasteiger partial charge in [-0.2, -0.15) is 0 Å². The fraction of sp³-hybridized carbons (Fsp3) is 0.176. The highest BCUT2D eigenvalue weighted by atomic mass is 16.5. The smallest absolute Gasteiger partial charge is 0.342 e. The zero-order valence-electron chi connectivity index (χ0n) is 12.0. The molecule has 2 aromatic rings. The van der Waals surface area contributed by atoms with Gasteiger partial charge in [-0.15, -0.1) is 0 Å². The van der Waals surface area contributed by atoms with E-state index in [4.69, 9.17) is 9.47 Å². The van der Waals surface area contributed by atoms with Crippen LogP contribution in [0.3, 0.4) is 0 Å². The van der Waals surface area contributed by atoms with Crippen LogP contribution in [0.4, 0.5) is 0 Å². The molecule has 0 fully saturated rings. The summed E-state index contributed by atoms with van der Waals surface area (Å²) in [5.41, 5.74) is 0.950. The lowest BCUT2D eigenvalue weighted by Crippen LogP contribution is -2.14. The van der Waals surface area contributed by atoms with E-state index in [0.29, 0.717) is 11.3 Å². The van der Waals surface area contributed by atoms with E-state index in [0.717, 1.165) is 0 Å². The number of hydrogen-bond acceptors (Lipinski definition) is 4. The van der Waals surface area contributed by atoms with Gasteiger partial charge in [0, 0.05) is 11.1 Å². The zero-order valence-corrected chi connectivity index (χ0v) is 12.0. The Morgan fingerprint density at radius 3 is 2.33 bits per heavy atom. The van der Waals surface area contributed by atoms with E-state index >= 15 is 0 Å². The zero-order chi connectivity index (χ0) is 15.2. The third kappa shape index (κ3) is 3.11. The number of rotatable bonds is 5. The Hall–Kier alpha value is -2.62. The van der Waals surface area contributed by atoms with Gasteiger partial charge in [0.1, 0.15) is 11.3 Å². The third-order valence-corrected chi connectivity index (χ3v) is 3.01. The molecule has 0 atom stereocenters. The Balaban J connectivity index is 2.53. The Kier molecular flexibility index (Phi) is 4.72. The van der Waals surface area contributed by atoms with Crippen LogP contribution in [-0.4, -0.2) is 25.5 Å². The van der Waals surface area contributed by atoms with Crippen molar-refractivity contribution in [1.82, 2.24) is 0 Å². The quantitative estimate of drug-likeness (QED) is 0.625. The largest absolute Gasteiger partial charge is 0.496 e. The number of ether oxygens (including phenoxy) is 2. The van der Waals surface area contributed by atoms with Gasteiger partial charge in [-0.05, 0) is 19.1 Å². The van der Waals surface area contributed by atoms with Crippen molar-refractivity contribution in [1.29, 1.82) is 0 Å². The number of methoxy groups -OCH3 is 1. The summed E-state index contributed by atoms with van der Waals surface area (Å²) in [6.07, 6.45) is 0. The molecule has 0 spiro atoms. The van der Waals surface area contributed by atoms with E-state index in [-0.39, 0.29) is 23.5 Å². The Bertz CT molecular complexity index is 647. The SMILES string of the molecule is CCOC(=O)c1c(OC)cccc1C(=O)c1ccccc1. The van der Waals surface area contributed by atoms with Crippen LogP contribution in [-0.2, 0) is 4.74 Å². The van der Waals surface area contributed by atoms with Crippen LogP contribution in [0.5, 0.6) is 5.75 Å². The van der Waals surface area contributed by atoms with Crippen LogP contribution in [0, 0.1) is 0 Å². The minimum absolute atomic E-state index is 0.163. The van der Waals surface area contributed by atoms with Crippen molar-refractivity contribution in [3.8, 4) is 5.75 Å². The summed E-state index contributed by atoms with van der Waals surface area (Å²) >= 11 is 0. The molecule has 0 unspecified atom stereocenters. The van der Waals surface area contributed by atoms with E-state index < -0.39 is 5.97 Å². The molecule has 21 heavy (non-hydrogen) atoms. The molecule has 0 aliphatic rings. The second-order valence-electron chi connectivity index (χ2n) is 4.30. The van der Waals surface area contributed by atoms with E-state index in [1.165, 1.54) is 7.11 Å². The molecule has 0 amide bonds. The normalized spacial score (nSPS) is 10.0. The topological polar surface area (TPSA) is 52.6 Å². The molecule has 0 aromatic heterocycles. The lowest BCUT2D eigenvalue weighted by atomic mass is 9.97. The lowest BCUT2D eigenvalue weighted by molar-refractivity contribution is 0.0519. The van der Waals surface area contributed by atoms with Gasteiger partial charge in [0.2, 0.25) is 0 Å². The number of esters is 1. The van der Waals surface area contributed by atoms with Crippen LogP contribution in [0.15, 0.2) is 48.5 Å². The molecule has 0 saturated heterocycles. The number of carbonyl (C=O) groups is 2. The highest BCUT2D eigenvalue weighted by Crippen LogP contribution is 2.25. The van der Waals surface area contributed by atoms with Gasteiger partial charge in [0.05, 0.1) is 13.7 Å². The summed E-state index contributed by atoms with van der Waals surface area (Å²) in [5.74, 6) is -0.470. The second kappa shape index (κ2) is 6.70. The van der Waals surface area contributed by atoms with Crippen molar-refractivity contribution in [2.75, 3.05) is 13.7 Å². The van der Waals surface area contributed by atoms with Crippen molar-refractivity contribution in [3.63, 3.8) is 0 Å². The van der Waals surface area contributed by atoms with E-state index in [9.17, 15) is 9.59 Å². The average Bonchev–Trinajstić information content (AvgIpc) is 2.54. The molecular weight excluding hydrogens is 268 g/mol. The van der Waals surface area contributed by atoms with Crippen molar-refractivity contribution in [2.24, 2.45) is 0 Å². The standard InChI is InChI=1S/C17H16O4/c1-3-21-17(19)15-13(10-7-11-14(15)20-2)16(18)12-8-5-4-6-9-12/h4-11H,3H2,1-2H3. The molecule has 2 rings (SSSR count). The maximum absolute atomic E-state index is 12.6. The van der Waals surface area contributed by atoms with Gasteiger partial charge in [-0.1, -0.05) is 36.4 Å². The highest BCUT2D eigenvalue weighted by Gasteiger charge is 2.23. The molecule has 0 saturated carbocycles. The molecule has 4 nitrogen and oxygen atoms in total. The molecule has 108 valence electrons. The molecule has 2 aromatic carbocycles. The van der Waals surface area contributed by atoms with Gasteiger partial charge >= 0.3 is 5.97 Å². The maximum Gasteiger partial charge on any atom is 0.342 e. The summed E-state index contributed by atoms with van der Waals surface area (Å²) in [4.78, 5) is 24.7.